The summed E-state index contributed by atoms with van der Waals surface area (Å²) in [4.78, 5) is 39.0. The number of methoxy groups -OCH3 is 1. The molecule has 3 fully saturated rings. The first-order chi connectivity index (χ1) is 21.1. The second kappa shape index (κ2) is 12.4. The molecule has 0 aliphatic carbocycles. The number of aliphatic hydroxyl groups excluding tert-OH is 2. The van der Waals surface area contributed by atoms with Gasteiger partial charge in [0.1, 0.15) is 48.6 Å². The van der Waals surface area contributed by atoms with Crippen molar-refractivity contribution in [2.75, 3.05) is 39.1 Å². The van der Waals surface area contributed by atoms with Crippen LogP contribution < -0.4 is 17.0 Å². The number of nitrogen functional groups attached to an aromatic ring is 1. The molecule has 240 valence electrons. The number of hydrogen-bond acceptors (Lipinski definition) is 14. The molecule has 6 rings (SSSR count). The average Bonchev–Trinajstić information content (AvgIpc) is 3.80. The van der Waals surface area contributed by atoms with Gasteiger partial charge in [-0.25, -0.2) is 29.0 Å². The van der Waals surface area contributed by atoms with Gasteiger partial charge in [0.2, 0.25) is 0 Å². The van der Waals surface area contributed by atoms with Crippen LogP contribution in [-0.2, 0) is 27.8 Å². The molecule has 5 N–H and O–H groups in total. The number of H-pyrrole nitrogens is 1. The Morgan fingerprint density at radius 3 is 2.66 bits per heavy atom. The topological polar surface area (TPSA) is 231 Å². The maximum Gasteiger partial charge on any atom is 0.408 e. The molecule has 19 heteroatoms. The normalized spacial score (nSPS) is 30.8. The van der Waals surface area contributed by atoms with Crippen molar-refractivity contribution in [1.82, 2.24) is 33.7 Å². The monoisotopic (exact) mass is 638 g/mol. The molecule has 18 nitrogen and oxygen atoms in total. The number of imidazole rings is 1. The van der Waals surface area contributed by atoms with Crippen LogP contribution in [0, 0.1) is 6.92 Å². The number of aromatic nitrogens is 6. The van der Waals surface area contributed by atoms with Crippen molar-refractivity contribution in [3.63, 3.8) is 0 Å². The Morgan fingerprint density at radius 2 is 1.93 bits per heavy atom. The Bertz CT molecular complexity index is 1660. The molecule has 0 aromatic carbocycles. The average molecular weight is 639 g/mol. The number of aliphatic hydroxyl groups is 2. The van der Waals surface area contributed by atoms with Crippen LogP contribution in [0.2, 0.25) is 0 Å². The summed E-state index contributed by atoms with van der Waals surface area (Å²) in [6.45, 7) is 1.63. The van der Waals surface area contributed by atoms with E-state index in [2.05, 4.69) is 19.9 Å². The first kappa shape index (κ1) is 30.9. The minimum absolute atomic E-state index is 0.0485. The summed E-state index contributed by atoms with van der Waals surface area (Å²) in [5.41, 5.74) is 5.76. The Hall–Kier alpha value is -3.06. The molecule has 0 amide bonds. The SMILES string of the molecule is CO[C@H]1C(O)[C@@H](COP(=O)(OC2C[C@H](n3cc(C)c(=O)[nH]c3=O)O[C@@H]2CO)N2CCCC2)O[C@H]1n1cnc2c(N)ncnc21. The summed E-state index contributed by atoms with van der Waals surface area (Å²) in [7, 11) is -2.61. The summed E-state index contributed by atoms with van der Waals surface area (Å²) in [5, 5.41) is 21.2. The number of anilines is 1. The largest absolute Gasteiger partial charge is 0.408 e. The van der Waals surface area contributed by atoms with Crippen molar-refractivity contribution in [1.29, 1.82) is 0 Å². The van der Waals surface area contributed by atoms with Gasteiger partial charge in [0.25, 0.3) is 5.56 Å². The molecule has 3 aliphatic heterocycles. The highest BCUT2D eigenvalue weighted by Gasteiger charge is 2.49. The molecule has 8 atom stereocenters. The minimum Gasteiger partial charge on any atom is -0.394 e. The van der Waals surface area contributed by atoms with Crippen molar-refractivity contribution in [3.8, 4) is 0 Å². The van der Waals surface area contributed by atoms with E-state index < -0.39 is 68.6 Å². The van der Waals surface area contributed by atoms with Crippen LogP contribution in [0.4, 0.5) is 5.82 Å². The number of hydrogen-bond donors (Lipinski definition) is 4. The molecule has 3 unspecified atom stereocenters. The van der Waals surface area contributed by atoms with Crippen molar-refractivity contribution in [2.45, 2.75) is 69.2 Å². The van der Waals surface area contributed by atoms with E-state index in [9.17, 15) is 24.4 Å². The second-order valence-electron chi connectivity index (χ2n) is 10.9. The summed E-state index contributed by atoms with van der Waals surface area (Å²) >= 11 is 0. The predicted octanol–water partition coefficient (Wildman–Crippen LogP) is -0.574. The summed E-state index contributed by atoms with van der Waals surface area (Å²) in [6, 6.07) is 0. The summed E-state index contributed by atoms with van der Waals surface area (Å²) in [5.74, 6) is 0.185. The molecule has 3 aliphatic rings. The molecular weight excluding hydrogens is 603 g/mol. The van der Waals surface area contributed by atoms with Crippen molar-refractivity contribution >= 4 is 24.7 Å². The van der Waals surface area contributed by atoms with Gasteiger partial charge in [0, 0.05) is 38.4 Å². The third-order valence-corrected chi connectivity index (χ3v) is 10.3. The van der Waals surface area contributed by atoms with E-state index in [1.165, 1.54) is 30.5 Å². The second-order valence-corrected chi connectivity index (χ2v) is 12.9. The van der Waals surface area contributed by atoms with Crippen LogP contribution in [0.15, 0.2) is 28.4 Å². The van der Waals surface area contributed by atoms with Gasteiger partial charge in [-0.05, 0) is 19.8 Å². The van der Waals surface area contributed by atoms with E-state index in [1.54, 1.807) is 16.2 Å². The van der Waals surface area contributed by atoms with Crippen molar-refractivity contribution in [3.05, 3.63) is 45.3 Å². The quantitative estimate of drug-likeness (QED) is 0.204. The molecule has 3 saturated heterocycles. The lowest BCUT2D eigenvalue weighted by Gasteiger charge is -2.30. The Labute approximate surface area is 250 Å². The summed E-state index contributed by atoms with van der Waals surface area (Å²) < 4.78 is 48.5. The smallest absolute Gasteiger partial charge is 0.394 e. The number of nitrogens with zero attached hydrogens (tertiary/aromatic N) is 6. The number of nitrogens with one attached hydrogen (secondary N) is 1. The fourth-order valence-corrected chi connectivity index (χ4v) is 7.83. The lowest BCUT2D eigenvalue weighted by atomic mass is 10.1. The van der Waals surface area contributed by atoms with Gasteiger partial charge in [0.05, 0.1) is 19.5 Å². The van der Waals surface area contributed by atoms with Crippen LogP contribution in [-0.4, -0.2) is 108 Å². The van der Waals surface area contributed by atoms with Gasteiger partial charge in [-0.1, -0.05) is 0 Å². The number of aromatic amines is 1. The highest BCUT2D eigenvalue weighted by Crippen LogP contribution is 2.57. The lowest BCUT2D eigenvalue weighted by molar-refractivity contribution is -0.0614. The fourth-order valence-electron chi connectivity index (χ4n) is 5.80. The van der Waals surface area contributed by atoms with Gasteiger partial charge < -0.3 is 30.2 Å². The molecule has 0 radical (unpaired) electrons. The molecule has 44 heavy (non-hydrogen) atoms. The van der Waals surface area contributed by atoms with E-state index in [0.717, 1.165) is 12.8 Å². The van der Waals surface area contributed by atoms with Gasteiger partial charge >= 0.3 is 13.4 Å². The van der Waals surface area contributed by atoms with Crippen LogP contribution in [0.3, 0.4) is 0 Å². The summed E-state index contributed by atoms with van der Waals surface area (Å²) in [6.07, 6.45) is -0.932. The molecule has 0 bridgehead atoms. The van der Waals surface area contributed by atoms with Crippen LogP contribution >= 0.6 is 7.75 Å². The Balaban J connectivity index is 1.20. The Morgan fingerprint density at radius 1 is 1.16 bits per heavy atom. The van der Waals surface area contributed by atoms with E-state index in [1.807, 2.05) is 0 Å². The maximum atomic E-state index is 14.4. The van der Waals surface area contributed by atoms with Crippen LogP contribution in [0.1, 0.15) is 37.3 Å². The predicted molar refractivity (Wildman–Crippen MR) is 151 cm³/mol. The molecule has 0 saturated carbocycles. The molecule has 3 aromatic rings. The van der Waals surface area contributed by atoms with Gasteiger partial charge in [-0.3, -0.25) is 28.0 Å². The Kier molecular flexibility index (Phi) is 8.71. The molecule has 6 heterocycles. The minimum atomic E-state index is -4.04. The van der Waals surface area contributed by atoms with Gasteiger partial charge in [-0.15, -0.1) is 0 Å². The van der Waals surface area contributed by atoms with E-state index in [-0.39, 0.29) is 18.8 Å². The third kappa shape index (κ3) is 5.61. The number of fused-ring (bicyclic) bond motifs is 1. The standard InChI is InChI=1S/C25H35N8O10P/c1-13-8-32(25(37)30-23(13)36)17-7-14(15(9-34)41-17)43-44(38,31-5-3-4-6-31)40-10-16-19(35)20(39-2)24(42-16)33-12-29-18-21(26)27-11-28-22(18)33/h8,11-12,14-17,19-20,24,34-35H,3-7,9-10H2,1-2H3,(H2,26,27,28)(H,30,36,37)/t14?,15-,16-,17-,19?,20+,24-,44?/m1/s1. The zero-order valence-electron chi connectivity index (χ0n) is 24.1. The maximum absolute atomic E-state index is 14.4. The van der Waals surface area contributed by atoms with Crippen LogP contribution in [0.5, 0.6) is 0 Å². The fraction of sp³-hybridized carbons (Fsp3) is 0.640. The lowest BCUT2D eigenvalue weighted by Crippen LogP contribution is -2.36. The van der Waals surface area contributed by atoms with Crippen molar-refractivity contribution < 1.29 is 38.0 Å². The van der Waals surface area contributed by atoms with Crippen molar-refractivity contribution in [2.24, 2.45) is 0 Å². The highest BCUT2D eigenvalue weighted by atomic mass is 31.2. The number of rotatable bonds is 10. The van der Waals surface area contributed by atoms with Crippen LogP contribution in [0.25, 0.3) is 11.2 Å². The first-order valence-electron chi connectivity index (χ1n) is 14.2. The number of aryl methyl sites for hydroxylation is 1. The zero-order valence-corrected chi connectivity index (χ0v) is 25.0. The van der Waals surface area contributed by atoms with E-state index >= 15 is 0 Å². The highest BCUT2D eigenvalue weighted by molar-refractivity contribution is 7.51. The molecular formula is C25H35N8O10P. The molecule has 0 spiro atoms. The van der Waals surface area contributed by atoms with E-state index in [0.29, 0.717) is 29.8 Å². The van der Waals surface area contributed by atoms with Gasteiger partial charge in [0.15, 0.2) is 17.7 Å². The third-order valence-electron chi connectivity index (χ3n) is 8.16. The van der Waals surface area contributed by atoms with Gasteiger partial charge in [-0.2, -0.15) is 0 Å². The zero-order chi connectivity index (χ0) is 31.2. The number of ether oxygens (including phenoxy) is 3. The van der Waals surface area contributed by atoms with E-state index in [4.69, 9.17) is 29.0 Å². The number of nitrogens with two attached hydrogens (primary N) is 1. The molecule has 3 aromatic heterocycles. The first-order valence-corrected chi connectivity index (χ1v) is 15.7.